The minimum Gasteiger partial charge on any atom is -0.364 e. The highest BCUT2D eigenvalue weighted by atomic mass is 16.5. The molecule has 2 heterocycles. The van der Waals surface area contributed by atoms with Crippen molar-refractivity contribution in [2.45, 2.75) is 39.1 Å². The lowest BCUT2D eigenvalue weighted by Gasteiger charge is -2.07. The van der Waals surface area contributed by atoms with Gasteiger partial charge in [0.1, 0.15) is 12.5 Å². The molecule has 0 spiro atoms. The Morgan fingerprint density at radius 1 is 0.857 bits per heavy atom. The fraction of sp³-hybridized carbons (Fsp3) is 1.00. The maximum absolute atomic E-state index is 5.29. The minimum absolute atomic E-state index is 0.275. The Kier molecular flexibility index (Phi) is 6.10. The van der Waals surface area contributed by atoms with Crippen LogP contribution >= 0.6 is 0 Å². The predicted molar refractivity (Wildman–Crippen MR) is 56.1 cm³/mol. The molecule has 0 aromatic heterocycles. The molecule has 2 saturated heterocycles. The van der Waals surface area contributed by atoms with E-state index in [2.05, 4.69) is 10.6 Å². The quantitative estimate of drug-likeness (QED) is 0.606. The fourth-order valence-electron chi connectivity index (χ4n) is 1.41. The maximum Gasteiger partial charge on any atom is 0.105 e. The van der Waals surface area contributed by atoms with Crippen LogP contribution < -0.4 is 10.6 Å². The molecule has 84 valence electrons. The average Bonchev–Trinajstić information content (AvgIpc) is 2.51. The largest absolute Gasteiger partial charge is 0.364 e. The number of nitrogens with one attached hydrogen (secondary N) is 2. The smallest absolute Gasteiger partial charge is 0.105 e. The molecule has 2 rings (SSSR count). The second-order valence-electron chi connectivity index (χ2n) is 3.64. The Hall–Kier alpha value is -0.160. The van der Waals surface area contributed by atoms with Gasteiger partial charge in [0.2, 0.25) is 0 Å². The summed E-state index contributed by atoms with van der Waals surface area (Å²) in [7, 11) is 0. The lowest BCUT2D eigenvalue weighted by Crippen LogP contribution is -2.26. The average molecular weight is 202 g/mol. The Morgan fingerprint density at radius 2 is 1.50 bits per heavy atom. The number of rotatable bonds is 0. The van der Waals surface area contributed by atoms with E-state index in [0.717, 1.165) is 26.3 Å². The van der Waals surface area contributed by atoms with E-state index in [1.165, 1.54) is 12.8 Å². The molecule has 14 heavy (non-hydrogen) atoms. The highest BCUT2D eigenvalue weighted by Gasteiger charge is 2.05. The molecule has 2 aliphatic rings. The van der Waals surface area contributed by atoms with Crippen LogP contribution in [0.1, 0.15) is 26.7 Å². The number of hydrogen-bond acceptors (Lipinski definition) is 4. The topological polar surface area (TPSA) is 42.5 Å². The van der Waals surface area contributed by atoms with Gasteiger partial charge in [0.25, 0.3) is 0 Å². The summed E-state index contributed by atoms with van der Waals surface area (Å²) in [5, 5.41) is 6.32. The van der Waals surface area contributed by atoms with Gasteiger partial charge in [-0.3, -0.25) is 10.6 Å². The van der Waals surface area contributed by atoms with Gasteiger partial charge in [-0.1, -0.05) is 0 Å². The second kappa shape index (κ2) is 7.17. The lowest BCUT2D eigenvalue weighted by atomic mass is 10.3. The molecule has 2 unspecified atom stereocenters. The van der Waals surface area contributed by atoms with Gasteiger partial charge in [-0.05, 0) is 33.2 Å². The van der Waals surface area contributed by atoms with Gasteiger partial charge < -0.3 is 9.47 Å². The summed E-state index contributed by atoms with van der Waals surface area (Å²) in [5.74, 6) is 0. The predicted octanol–water partition coefficient (Wildman–Crippen LogP) is 0.685. The van der Waals surface area contributed by atoms with Gasteiger partial charge >= 0.3 is 0 Å². The lowest BCUT2D eigenvalue weighted by molar-refractivity contribution is 0.0567. The zero-order valence-corrected chi connectivity index (χ0v) is 9.21. The van der Waals surface area contributed by atoms with Crippen LogP contribution in [0.15, 0.2) is 0 Å². The third-order valence-electron chi connectivity index (χ3n) is 2.27. The van der Waals surface area contributed by atoms with Crippen molar-refractivity contribution in [3.8, 4) is 0 Å². The van der Waals surface area contributed by atoms with Gasteiger partial charge in [0.15, 0.2) is 0 Å². The molecule has 0 saturated carbocycles. The highest BCUT2D eigenvalue weighted by Crippen LogP contribution is 1.97. The molecular formula is C10H22N2O2. The van der Waals surface area contributed by atoms with Crippen molar-refractivity contribution in [2.75, 3.05) is 26.3 Å². The van der Waals surface area contributed by atoms with E-state index < -0.39 is 0 Å². The van der Waals surface area contributed by atoms with Gasteiger partial charge in [0, 0.05) is 13.2 Å². The normalized spacial score (nSPS) is 33.0. The summed E-state index contributed by atoms with van der Waals surface area (Å²) in [6.45, 7) is 7.98. The molecule has 0 bridgehead atoms. The van der Waals surface area contributed by atoms with Crippen molar-refractivity contribution >= 4 is 0 Å². The highest BCUT2D eigenvalue weighted by molar-refractivity contribution is 4.55. The molecule has 2 N–H and O–H groups in total. The molecular weight excluding hydrogens is 180 g/mol. The molecule has 0 aromatic rings. The molecule has 4 nitrogen and oxygen atoms in total. The third-order valence-corrected chi connectivity index (χ3v) is 2.27. The number of hydrogen-bond donors (Lipinski definition) is 2. The minimum atomic E-state index is 0.275. The van der Waals surface area contributed by atoms with E-state index in [1.807, 2.05) is 13.8 Å². The molecule has 2 atom stereocenters. The van der Waals surface area contributed by atoms with Crippen molar-refractivity contribution in [1.29, 1.82) is 0 Å². The molecule has 2 aliphatic heterocycles. The van der Waals surface area contributed by atoms with Crippen LogP contribution in [0.25, 0.3) is 0 Å². The number of ether oxygens (including phenoxy) is 2. The van der Waals surface area contributed by atoms with Crippen LogP contribution in [0, 0.1) is 0 Å². The second-order valence-corrected chi connectivity index (χ2v) is 3.64. The van der Waals surface area contributed by atoms with Crippen LogP contribution in [0.5, 0.6) is 0 Å². The first-order valence-corrected chi connectivity index (χ1v) is 5.49. The van der Waals surface area contributed by atoms with E-state index in [9.17, 15) is 0 Å². The van der Waals surface area contributed by atoms with Crippen molar-refractivity contribution in [3.63, 3.8) is 0 Å². The Labute approximate surface area is 86.3 Å². The fourth-order valence-corrected chi connectivity index (χ4v) is 1.41. The first-order chi connectivity index (χ1) is 6.79. The Bertz CT molecular complexity index is 130. The summed E-state index contributed by atoms with van der Waals surface area (Å²) < 4.78 is 10.3. The maximum atomic E-state index is 5.29. The molecule has 2 fully saturated rings. The molecule has 0 amide bonds. The molecule has 0 aliphatic carbocycles. The van der Waals surface area contributed by atoms with Crippen LogP contribution in [-0.4, -0.2) is 38.8 Å². The molecule has 0 aromatic carbocycles. The van der Waals surface area contributed by atoms with Gasteiger partial charge in [-0.25, -0.2) is 0 Å². The van der Waals surface area contributed by atoms with Crippen LogP contribution in [0.2, 0.25) is 0 Å². The molecule has 4 heteroatoms. The van der Waals surface area contributed by atoms with E-state index in [4.69, 9.17) is 9.47 Å². The summed E-state index contributed by atoms with van der Waals surface area (Å²) >= 11 is 0. The standard InChI is InChI=1S/C6H13NO.C4H9NO/c1-6-7-4-2-3-5-8-6;1-4-5-2-3-6-4/h6-7H,2-5H2,1H3;4-5H,2-3H2,1H3. The molecule has 0 radical (unpaired) electrons. The third kappa shape index (κ3) is 5.54. The van der Waals surface area contributed by atoms with Crippen molar-refractivity contribution in [3.05, 3.63) is 0 Å². The first-order valence-electron chi connectivity index (χ1n) is 5.49. The summed E-state index contributed by atoms with van der Waals surface area (Å²) in [4.78, 5) is 0. The van der Waals surface area contributed by atoms with Crippen LogP contribution in [0.4, 0.5) is 0 Å². The summed E-state index contributed by atoms with van der Waals surface area (Å²) in [5.41, 5.74) is 0. The summed E-state index contributed by atoms with van der Waals surface area (Å²) in [6.07, 6.45) is 3.03. The zero-order valence-electron chi connectivity index (χ0n) is 9.21. The van der Waals surface area contributed by atoms with Gasteiger partial charge in [-0.2, -0.15) is 0 Å². The van der Waals surface area contributed by atoms with Crippen molar-refractivity contribution < 1.29 is 9.47 Å². The first kappa shape index (κ1) is 11.9. The van der Waals surface area contributed by atoms with E-state index in [0.29, 0.717) is 6.23 Å². The monoisotopic (exact) mass is 202 g/mol. The van der Waals surface area contributed by atoms with Crippen LogP contribution in [-0.2, 0) is 9.47 Å². The van der Waals surface area contributed by atoms with Gasteiger partial charge in [-0.15, -0.1) is 0 Å². The van der Waals surface area contributed by atoms with Crippen molar-refractivity contribution in [1.82, 2.24) is 10.6 Å². The SMILES string of the molecule is CC1NCCCCO1.CC1NCCO1. The van der Waals surface area contributed by atoms with Crippen LogP contribution in [0.3, 0.4) is 0 Å². The summed E-state index contributed by atoms with van der Waals surface area (Å²) in [6, 6.07) is 0. The Balaban J connectivity index is 0.000000146. The Morgan fingerprint density at radius 3 is 2.07 bits per heavy atom. The van der Waals surface area contributed by atoms with Crippen molar-refractivity contribution in [2.24, 2.45) is 0 Å². The van der Waals surface area contributed by atoms with E-state index in [1.54, 1.807) is 0 Å². The van der Waals surface area contributed by atoms with E-state index in [-0.39, 0.29) is 6.23 Å². The van der Waals surface area contributed by atoms with Gasteiger partial charge in [0.05, 0.1) is 6.61 Å². The van der Waals surface area contributed by atoms with E-state index >= 15 is 0 Å². The zero-order chi connectivity index (χ0) is 10.2.